The largest absolute Gasteiger partial charge is 0.497 e. The first-order valence-electron chi connectivity index (χ1n) is 10.9. The second-order valence-corrected chi connectivity index (χ2v) is 7.77. The molecular formula is C29H24N2O3. The summed E-state index contributed by atoms with van der Waals surface area (Å²) in [5, 5.41) is 14.7. The van der Waals surface area contributed by atoms with Crippen molar-refractivity contribution in [2.75, 3.05) is 12.4 Å². The summed E-state index contributed by atoms with van der Waals surface area (Å²) < 4.78 is 11.5. The smallest absolute Gasteiger partial charge is 0.266 e. The molecule has 0 spiro atoms. The van der Waals surface area contributed by atoms with Gasteiger partial charge < -0.3 is 14.8 Å². The number of nitrogens with one attached hydrogen (secondary N) is 1. The fourth-order valence-corrected chi connectivity index (χ4v) is 3.67. The SMILES string of the molecule is COc1ccc(/C=C(\C#N)C(=O)Nc2ccccc2C)c(OCc2cccc3ccccc23)c1. The monoisotopic (exact) mass is 448 g/mol. The molecule has 0 fully saturated rings. The lowest BCUT2D eigenvalue weighted by atomic mass is 10.1. The molecule has 0 heterocycles. The number of ether oxygens (including phenoxy) is 2. The van der Waals surface area contributed by atoms with E-state index in [0.717, 1.165) is 21.9 Å². The number of para-hydroxylation sites is 1. The highest BCUT2D eigenvalue weighted by Gasteiger charge is 2.13. The third kappa shape index (κ3) is 5.08. The van der Waals surface area contributed by atoms with Crippen LogP contribution in [0.1, 0.15) is 16.7 Å². The van der Waals surface area contributed by atoms with Gasteiger partial charge in [0.25, 0.3) is 5.91 Å². The number of benzene rings is 4. The molecule has 0 aromatic heterocycles. The van der Waals surface area contributed by atoms with E-state index in [1.54, 1.807) is 31.4 Å². The molecule has 5 heteroatoms. The second-order valence-electron chi connectivity index (χ2n) is 7.77. The molecule has 0 aliphatic rings. The number of aryl methyl sites for hydroxylation is 1. The third-order valence-corrected chi connectivity index (χ3v) is 5.54. The highest BCUT2D eigenvalue weighted by molar-refractivity contribution is 6.10. The number of anilines is 1. The van der Waals surface area contributed by atoms with Crippen molar-refractivity contribution in [2.24, 2.45) is 0 Å². The van der Waals surface area contributed by atoms with Crippen molar-refractivity contribution in [3.63, 3.8) is 0 Å². The Morgan fingerprint density at radius 2 is 1.76 bits per heavy atom. The summed E-state index contributed by atoms with van der Waals surface area (Å²) >= 11 is 0. The fourth-order valence-electron chi connectivity index (χ4n) is 3.67. The van der Waals surface area contributed by atoms with Crippen molar-refractivity contribution in [3.05, 3.63) is 107 Å². The molecule has 0 unspecified atom stereocenters. The summed E-state index contributed by atoms with van der Waals surface area (Å²) in [4.78, 5) is 12.8. The van der Waals surface area contributed by atoms with Gasteiger partial charge in [-0.1, -0.05) is 60.7 Å². The maximum Gasteiger partial charge on any atom is 0.266 e. The maximum atomic E-state index is 12.8. The Hall–Kier alpha value is -4.56. The van der Waals surface area contributed by atoms with Gasteiger partial charge in [0.15, 0.2) is 0 Å². The molecule has 0 aliphatic heterocycles. The third-order valence-electron chi connectivity index (χ3n) is 5.54. The summed E-state index contributed by atoms with van der Waals surface area (Å²) in [6.07, 6.45) is 1.53. The van der Waals surface area contributed by atoms with Gasteiger partial charge in [0, 0.05) is 17.3 Å². The molecule has 1 amide bonds. The Balaban J connectivity index is 1.62. The highest BCUT2D eigenvalue weighted by atomic mass is 16.5. The molecular weight excluding hydrogens is 424 g/mol. The predicted molar refractivity (Wildman–Crippen MR) is 135 cm³/mol. The minimum absolute atomic E-state index is 0.0246. The van der Waals surface area contributed by atoms with E-state index in [1.807, 2.05) is 55.5 Å². The van der Waals surface area contributed by atoms with E-state index >= 15 is 0 Å². The van der Waals surface area contributed by atoms with Gasteiger partial charge in [0.05, 0.1) is 7.11 Å². The molecule has 0 bridgehead atoms. The first-order valence-corrected chi connectivity index (χ1v) is 10.9. The molecule has 1 N–H and O–H groups in total. The van der Waals surface area contributed by atoms with Crippen LogP contribution in [0.5, 0.6) is 11.5 Å². The molecule has 0 aliphatic carbocycles. The lowest BCUT2D eigenvalue weighted by molar-refractivity contribution is -0.112. The highest BCUT2D eigenvalue weighted by Crippen LogP contribution is 2.29. The van der Waals surface area contributed by atoms with E-state index in [2.05, 4.69) is 23.5 Å². The fraction of sp³-hybridized carbons (Fsp3) is 0.103. The zero-order valence-electron chi connectivity index (χ0n) is 19.0. The number of rotatable bonds is 7. The van der Waals surface area contributed by atoms with Gasteiger partial charge in [-0.25, -0.2) is 0 Å². The normalized spacial score (nSPS) is 11.0. The van der Waals surface area contributed by atoms with Crippen LogP contribution in [0, 0.1) is 18.3 Å². The predicted octanol–water partition coefficient (Wildman–Crippen LogP) is 6.28. The van der Waals surface area contributed by atoms with Crippen LogP contribution in [-0.2, 0) is 11.4 Å². The lowest BCUT2D eigenvalue weighted by Gasteiger charge is -2.13. The Labute approximate surface area is 198 Å². The van der Waals surface area contributed by atoms with Crippen molar-refractivity contribution in [1.29, 1.82) is 5.26 Å². The summed E-state index contributed by atoms with van der Waals surface area (Å²) in [5.41, 5.74) is 3.20. The molecule has 4 aromatic carbocycles. The van der Waals surface area contributed by atoms with Gasteiger partial charge in [-0.15, -0.1) is 0 Å². The number of carbonyl (C=O) groups is 1. The van der Waals surface area contributed by atoms with Crippen LogP contribution in [-0.4, -0.2) is 13.0 Å². The van der Waals surface area contributed by atoms with E-state index in [9.17, 15) is 10.1 Å². The number of fused-ring (bicyclic) bond motifs is 1. The van der Waals surface area contributed by atoms with Gasteiger partial charge in [-0.3, -0.25) is 4.79 Å². The first kappa shape index (κ1) is 22.6. The summed E-state index contributed by atoms with van der Waals surface area (Å²) in [5.74, 6) is 0.657. The van der Waals surface area contributed by atoms with Crippen molar-refractivity contribution >= 4 is 28.4 Å². The lowest BCUT2D eigenvalue weighted by Crippen LogP contribution is -2.14. The summed E-state index contributed by atoms with van der Waals surface area (Å²) in [6.45, 7) is 2.22. The quantitative estimate of drug-likeness (QED) is 0.267. The van der Waals surface area contributed by atoms with E-state index in [-0.39, 0.29) is 5.57 Å². The Morgan fingerprint density at radius 1 is 1.00 bits per heavy atom. The van der Waals surface area contributed by atoms with E-state index in [0.29, 0.717) is 29.4 Å². The molecule has 4 rings (SSSR count). The number of nitriles is 1. The van der Waals surface area contributed by atoms with Crippen LogP contribution in [0.25, 0.3) is 16.8 Å². The molecule has 168 valence electrons. The number of nitrogens with zero attached hydrogens (tertiary/aromatic N) is 1. The Kier molecular flexibility index (Phi) is 6.90. The van der Waals surface area contributed by atoms with Crippen molar-refractivity contribution in [1.82, 2.24) is 0 Å². The number of hydrogen-bond acceptors (Lipinski definition) is 4. The van der Waals surface area contributed by atoms with Gasteiger partial charge in [0.1, 0.15) is 29.7 Å². The Bertz CT molecular complexity index is 1410. The average molecular weight is 449 g/mol. The molecule has 0 saturated carbocycles. The molecule has 0 atom stereocenters. The number of amides is 1. The van der Waals surface area contributed by atoms with E-state index < -0.39 is 5.91 Å². The minimum atomic E-state index is -0.479. The van der Waals surface area contributed by atoms with Gasteiger partial charge >= 0.3 is 0 Å². The van der Waals surface area contributed by atoms with Gasteiger partial charge in [-0.2, -0.15) is 5.26 Å². The molecule has 0 radical (unpaired) electrons. The topological polar surface area (TPSA) is 71.3 Å². The molecule has 0 saturated heterocycles. The minimum Gasteiger partial charge on any atom is -0.497 e. The van der Waals surface area contributed by atoms with Crippen LogP contribution < -0.4 is 14.8 Å². The average Bonchev–Trinajstić information content (AvgIpc) is 2.87. The number of carbonyl (C=O) groups excluding carboxylic acids is 1. The van der Waals surface area contributed by atoms with Crippen molar-refractivity contribution < 1.29 is 14.3 Å². The Morgan fingerprint density at radius 3 is 2.56 bits per heavy atom. The van der Waals surface area contributed by atoms with E-state index in [1.165, 1.54) is 6.08 Å². The van der Waals surface area contributed by atoms with Crippen LogP contribution in [0.4, 0.5) is 5.69 Å². The van der Waals surface area contributed by atoms with Gasteiger partial charge in [0.2, 0.25) is 0 Å². The van der Waals surface area contributed by atoms with Crippen molar-refractivity contribution in [3.8, 4) is 17.6 Å². The van der Waals surface area contributed by atoms with Gasteiger partial charge in [-0.05, 0) is 53.1 Å². The zero-order valence-corrected chi connectivity index (χ0v) is 19.0. The zero-order chi connectivity index (χ0) is 23.9. The summed E-state index contributed by atoms with van der Waals surface area (Å²) in [6, 6.07) is 28.9. The van der Waals surface area contributed by atoms with Crippen molar-refractivity contribution in [2.45, 2.75) is 13.5 Å². The standard InChI is InChI=1S/C29H24N2O3/c1-20-8-3-6-13-27(20)31-29(32)24(18-30)16-22-14-15-25(33-2)17-28(22)34-19-23-11-7-10-21-9-4-5-12-26(21)23/h3-17H,19H2,1-2H3,(H,31,32)/b24-16+. The number of hydrogen-bond donors (Lipinski definition) is 1. The molecule has 4 aromatic rings. The van der Waals surface area contributed by atoms with Crippen LogP contribution >= 0.6 is 0 Å². The first-order chi connectivity index (χ1) is 16.6. The van der Waals surface area contributed by atoms with E-state index in [4.69, 9.17) is 9.47 Å². The summed E-state index contributed by atoms with van der Waals surface area (Å²) in [7, 11) is 1.58. The molecule has 5 nitrogen and oxygen atoms in total. The second kappa shape index (κ2) is 10.4. The van der Waals surface area contributed by atoms with Crippen LogP contribution in [0.15, 0.2) is 90.5 Å². The maximum absolute atomic E-state index is 12.8. The number of methoxy groups -OCH3 is 1. The molecule has 34 heavy (non-hydrogen) atoms. The van der Waals surface area contributed by atoms with Crippen LogP contribution in [0.3, 0.4) is 0 Å². The van der Waals surface area contributed by atoms with Crippen LogP contribution in [0.2, 0.25) is 0 Å².